The zero-order valence-corrected chi connectivity index (χ0v) is 13.7. The Bertz CT molecular complexity index is 697. The van der Waals surface area contributed by atoms with E-state index in [4.69, 9.17) is 4.74 Å². The number of urea groups is 1. The molecule has 2 amide bonds. The Morgan fingerprint density at radius 1 is 1.25 bits per heavy atom. The molecule has 1 aromatic rings. The largest absolute Gasteiger partial charge is 0.488 e. The number of amides is 2. The summed E-state index contributed by atoms with van der Waals surface area (Å²) in [5.41, 5.74) is 0.464. The van der Waals surface area contributed by atoms with Crippen molar-refractivity contribution in [3.05, 3.63) is 24.3 Å². The van der Waals surface area contributed by atoms with Gasteiger partial charge in [-0.1, -0.05) is 3.89 Å². The topological polar surface area (TPSA) is 88.2 Å². The van der Waals surface area contributed by atoms with Gasteiger partial charge in [-0.15, -0.1) is 0 Å². The number of piperazine rings is 1. The van der Waals surface area contributed by atoms with Gasteiger partial charge < -0.3 is 19.1 Å². The van der Waals surface area contributed by atoms with Crippen molar-refractivity contribution in [2.24, 2.45) is 0 Å². The number of ether oxygens (including phenoxy) is 1. The SMILES string of the molecule is O=C(Nc1ccc(OS(=O)(=O)F)cc1)N1CCN2CCOCC2C1. The summed E-state index contributed by atoms with van der Waals surface area (Å²) >= 11 is 0. The second-order valence-corrected chi connectivity index (χ2v) is 6.59. The van der Waals surface area contributed by atoms with Crippen LogP contribution in [0.15, 0.2) is 24.3 Å². The molecule has 2 fully saturated rings. The van der Waals surface area contributed by atoms with E-state index in [9.17, 15) is 17.1 Å². The van der Waals surface area contributed by atoms with Gasteiger partial charge in [0.1, 0.15) is 5.75 Å². The summed E-state index contributed by atoms with van der Waals surface area (Å²) in [5, 5.41) is 2.73. The summed E-state index contributed by atoms with van der Waals surface area (Å²) in [5.74, 6) is -0.163. The van der Waals surface area contributed by atoms with Gasteiger partial charge >= 0.3 is 16.5 Å². The Morgan fingerprint density at radius 3 is 2.71 bits per heavy atom. The van der Waals surface area contributed by atoms with Gasteiger partial charge in [0.05, 0.1) is 19.3 Å². The first-order valence-electron chi connectivity index (χ1n) is 7.52. The van der Waals surface area contributed by atoms with Crippen molar-refractivity contribution in [1.29, 1.82) is 0 Å². The first-order chi connectivity index (χ1) is 11.4. The molecule has 2 saturated heterocycles. The third-order valence-corrected chi connectivity index (χ3v) is 4.42. The Balaban J connectivity index is 1.56. The Hall–Kier alpha value is -1.91. The maximum Gasteiger partial charge on any atom is 0.488 e. The van der Waals surface area contributed by atoms with E-state index in [0.717, 1.165) is 19.7 Å². The number of benzene rings is 1. The molecular weight excluding hydrogens is 341 g/mol. The highest BCUT2D eigenvalue weighted by atomic mass is 32.3. The standard InChI is InChI=1S/C14H18FN3O5S/c15-24(20,21)23-13-3-1-11(2-4-13)16-14(19)18-6-5-17-7-8-22-10-12(17)9-18/h1-4,12H,5-10H2,(H,16,19). The highest BCUT2D eigenvalue weighted by Gasteiger charge is 2.31. The Kier molecular flexibility index (Phi) is 4.88. The summed E-state index contributed by atoms with van der Waals surface area (Å²) < 4.78 is 42.8. The molecule has 0 aromatic heterocycles. The van der Waals surface area contributed by atoms with Crippen LogP contribution in [-0.2, 0) is 15.2 Å². The van der Waals surface area contributed by atoms with Gasteiger partial charge in [0.15, 0.2) is 0 Å². The van der Waals surface area contributed by atoms with E-state index < -0.39 is 10.5 Å². The monoisotopic (exact) mass is 359 g/mol. The lowest BCUT2D eigenvalue weighted by atomic mass is 10.1. The number of nitrogens with one attached hydrogen (secondary N) is 1. The van der Waals surface area contributed by atoms with E-state index >= 15 is 0 Å². The molecule has 3 rings (SSSR count). The predicted octanol–water partition coefficient (Wildman–Crippen LogP) is 0.828. The molecule has 2 aliphatic heterocycles. The van der Waals surface area contributed by atoms with Crippen LogP contribution in [0.25, 0.3) is 0 Å². The van der Waals surface area contributed by atoms with Crippen LogP contribution in [0.4, 0.5) is 14.4 Å². The Morgan fingerprint density at radius 2 is 2.00 bits per heavy atom. The maximum absolute atomic E-state index is 12.4. The van der Waals surface area contributed by atoms with Crippen LogP contribution in [-0.4, -0.2) is 69.7 Å². The van der Waals surface area contributed by atoms with Gasteiger partial charge in [-0.05, 0) is 24.3 Å². The van der Waals surface area contributed by atoms with Gasteiger partial charge in [0.25, 0.3) is 0 Å². The number of halogens is 1. The molecule has 8 nitrogen and oxygen atoms in total. The van der Waals surface area contributed by atoms with Crippen molar-refractivity contribution in [1.82, 2.24) is 9.80 Å². The second kappa shape index (κ2) is 6.91. The van der Waals surface area contributed by atoms with E-state index in [1.54, 1.807) is 4.90 Å². The molecule has 10 heteroatoms. The van der Waals surface area contributed by atoms with Gasteiger partial charge in [0.2, 0.25) is 0 Å². The van der Waals surface area contributed by atoms with E-state index in [0.29, 0.717) is 25.4 Å². The number of morpholine rings is 1. The number of carbonyl (C=O) groups is 1. The Labute approximate surface area is 139 Å². The number of nitrogens with zero attached hydrogens (tertiary/aromatic N) is 2. The number of anilines is 1. The fourth-order valence-electron chi connectivity index (χ4n) is 2.84. The lowest BCUT2D eigenvalue weighted by Crippen LogP contribution is -2.59. The summed E-state index contributed by atoms with van der Waals surface area (Å²) in [6, 6.07) is 5.38. The zero-order valence-electron chi connectivity index (χ0n) is 12.9. The summed E-state index contributed by atoms with van der Waals surface area (Å²) in [6.45, 7) is 4.26. The minimum absolute atomic E-state index is 0.163. The van der Waals surface area contributed by atoms with Gasteiger partial charge in [-0.3, -0.25) is 4.90 Å². The van der Waals surface area contributed by atoms with Crippen LogP contribution in [0.2, 0.25) is 0 Å². The number of carbonyl (C=O) groups excluding carboxylic acids is 1. The lowest BCUT2D eigenvalue weighted by molar-refractivity contribution is -0.0355. The fraction of sp³-hybridized carbons (Fsp3) is 0.500. The first kappa shape index (κ1) is 16.9. The minimum atomic E-state index is -5.05. The molecule has 24 heavy (non-hydrogen) atoms. The van der Waals surface area contributed by atoms with Crippen LogP contribution in [0, 0.1) is 0 Å². The van der Waals surface area contributed by atoms with E-state index in [2.05, 4.69) is 14.4 Å². The van der Waals surface area contributed by atoms with Crippen molar-refractivity contribution in [3.63, 3.8) is 0 Å². The van der Waals surface area contributed by atoms with Crippen molar-refractivity contribution >= 4 is 22.2 Å². The number of hydrogen-bond acceptors (Lipinski definition) is 6. The molecule has 1 aromatic carbocycles. The first-order valence-corrected chi connectivity index (χ1v) is 8.83. The summed E-state index contributed by atoms with van der Waals surface area (Å²) in [7, 11) is -5.05. The van der Waals surface area contributed by atoms with E-state index in [1.807, 2.05) is 0 Å². The molecule has 2 aliphatic rings. The van der Waals surface area contributed by atoms with Crippen LogP contribution >= 0.6 is 0 Å². The van der Waals surface area contributed by atoms with Crippen molar-refractivity contribution in [3.8, 4) is 5.75 Å². The molecule has 1 unspecified atom stereocenters. The molecule has 0 aliphatic carbocycles. The molecular formula is C14H18FN3O5S. The quantitative estimate of drug-likeness (QED) is 0.804. The molecule has 0 spiro atoms. The number of fused-ring (bicyclic) bond motifs is 1. The predicted molar refractivity (Wildman–Crippen MR) is 83.9 cm³/mol. The average molecular weight is 359 g/mol. The fourth-order valence-corrected chi connectivity index (χ4v) is 3.18. The molecule has 0 saturated carbocycles. The van der Waals surface area contributed by atoms with Crippen molar-refractivity contribution < 1.29 is 26.0 Å². The molecule has 1 N–H and O–H groups in total. The van der Waals surface area contributed by atoms with Gasteiger partial charge in [0, 0.05) is 31.9 Å². The minimum Gasteiger partial charge on any atom is -0.378 e. The van der Waals surface area contributed by atoms with Crippen molar-refractivity contribution in [2.45, 2.75) is 6.04 Å². The van der Waals surface area contributed by atoms with Crippen LogP contribution in [0.1, 0.15) is 0 Å². The van der Waals surface area contributed by atoms with Crippen LogP contribution in [0.5, 0.6) is 5.75 Å². The third-order valence-electron chi connectivity index (χ3n) is 4.03. The van der Waals surface area contributed by atoms with Crippen molar-refractivity contribution in [2.75, 3.05) is 44.7 Å². The van der Waals surface area contributed by atoms with E-state index in [1.165, 1.54) is 24.3 Å². The molecule has 2 heterocycles. The average Bonchev–Trinajstić information content (AvgIpc) is 2.55. The third kappa shape index (κ3) is 4.34. The maximum atomic E-state index is 12.4. The molecule has 132 valence electrons. The lowest BCUT2D eigenvalue weighted by Gasteiger charge is -2.43. The van der Waals surface area contributed by atoms with Crippen LogP contribution in [0.3, 0.4) is 0 Å². The second-order valence-electron chi connectivity index (χ2n) is 5.64. The summed E-state index contributed by atoms with van der Waals surface area (Å²) in [6.07, 6.45) is 0. The van der Waals surface area contributed by atoms with Crippen LogP contribution < -0.4 is 9.50 Å². The number of rotatable bonds is 3. The summed E-state index contributed by atoms with van der Waals surface area (Å²) in [4.78, 5) is 16.4. The van der Waals surface area contributed by atoms with E-state index in [-0.39, 0.29) is 17.8 Å². The normalized spacial score (nSPS) is 21.9. The molecule has 1 atom stereocenters. The smallest absolute Gasteiger partial charge is 0.378 e. The number of hydrogen-bond donors (Lipinski definition) is 1. The highest BCUT2D eigenvalue weighted by molar-refractivity contribution is 7.81. The highest BCUT2D eigenvalue weighted by Crippen LogP contribution is 2.19. The zero-order chi connectivity index (χ0) is 17.2. The molecule has 0 bridgehead atoms. The van der Waals surface area contributed by atoms with Gasteiger partial charge in [-0.2, -0.15) is 8.42 Å². The molecule has 0 radical (unpaired) electrons. The van der Waals surface area contributed by atoms with Gasteiger partial charge in [-0.25, -0.2) is 4.79 Å².